The van der Waals surface area contributed by atoms with Crippen molar-refractivity contribution in [1.82, 2.24) is 5.43 Å². The summed E-state index contributed by atoms with van der Waals surface area (Å²) in [6, 6.07) is 19.6. The summed E-state index contributed by atoms with van der Waals surface area (Å²) in [5, 5.41) is 6.84. The van der Waals surface area contributed by atoms with Gasteiger partial charge in [0.15, 0.2) is 18.1 Å². The molecule has 0 aromatic heterocycles. The highest BCUT2D eigenvalue weighted by Gasteiger charge is 2.12. The summed E-state index contributed by atoms with van der Waals surface area (Å²) in [5.41, 5.74) is 5.25. The zero-order valence-electron chi connectivity index (χ0n) is 19.3. The van der Waals surface area contributed by atoms with E-state index in [4.69, 9.17) is 14.2 Å². The fourth-order valence-corrected chi connectivity index (χ4v) is 3.09. The van der Waals surface area contributed by atoms with E-state index >= 15 is 0 Å². The number of hydrazone groups is 1. The molecule has 0 radical (unpaired) electrons. The van der Waals surface area contributed by atoms with Crippen LogP contribution in [-0.2, 0) is 4.79 Å². The lowest BCUT2D eigenvalue weighted by Gasteiger charge is -2.13. The lowest BCUT2D eigenvalue weighted by molar-refractivity contribution is -0.118. The van der Waals surface area contributed by atoms with E-state index in [1.165, 1.54) is 13.3 Å². The summed E-state index contributed by atoms with van der Waals surface area (Å²) < 4.78 is 16.5. The Morgan fingerprint density at radius 2 is 1.71 bits per heavy atom. The summed E-state index contributed by atoms with van der Waals surface area (Å²) in [7, 11) is 1.50. The maximum Gasteiger partial charge on any atom is 0.275 e. The average molecular weight is 462 g/mol. The van der Waals surface area contributed by atoms with Crippen molar-refractivity contribution in [1.29, 1.82) is 0 Å². The SMILES string of the molecule is CCOc1cc(/C=N\NC(=O)c2ccccc2OC)ccc1OCC(=O)Nc1ccccc1C. The largest absolute Gasteiger partial charge is 0.496 e. The molecule has 0 aliphatic rings. The van der Waals surface area contributed by atoms with Gasteiger partial charge in [0.1, 0.15) is 5.75 Å². The zero-order chi connectivity index (χ0) is 24.3. The monoisotopic (exact) mass is 461 g/mol. The Hall–Kier alpha value is -4.33. The van der Waals surface area contributed by atoms with Gasteiger partial charge in [-0.1, -0.05) is 30.3 Å². The number of ether oxygens (including phenoxy) is 3. The number of benzene rings is 3. The second-order valence-electron chi connectivity index (χ2n) is 7.19. The van der Waals surface area contributed by atoms with Crippen molar-refractivity contribution in [3.05, 3.63) is 83.4 Å². The molecule has 0 aliphatic carbocycles. The van der Waals surface area contributed by atoms with Crippen molar-refractivity contribution < 1.29 is 23.8 Å². The molecule has 3 rings (SSSR count). The number of carbonyl (C=O) groups excluding carboxylic acids is 2. The number of hydrogen-bond donors (Lipinski definition) is 2. The van der Waals surface area contributed by atoms with Crippen LogP contribution in [0.1, 0.15) is 28.4 Å². The average Bonchev–Trinajstić information content (AvgIpc) is 2.85. The van der Waals surface area contributed by atoms with Crippen LogP contribution in [0.3, 0.4) is 0 Å². The third-order valence-electron chi connectivity index (χ3n) is 4.78. The quantitative estimate of drug-likeness (QED) is 0.349. The van der Waals surface area contributed by atoms with Crippen LogP contribution in [0, 0.1) is 6.92 Å². The van der Waals surface area contributed by atoms with Gasteiger partial charge in [0.25, 0.3) is 11.8 Å². The number of nitrogens with zero attached hydrogens (tertiary/aromatic N) is 1. The Labute approximate surface area is 198 Å². The van der Waals surface area contributed by atoms with Crippen LogP contribution >= 0.6 is 0 Å². The molecule has 0 atom stereocenters. The van der Waals surface area contributed by atoms with Gasteiger partial charge in [-0.15, -0.1) is 0 Å². The first-order valence-corrected chi connectivity index (χ1v) is 10.7. The van der Waals surface area contributed by atoms with Gasteiger partial charge in [-0.25, -0.2) is 5.43 Å². The molecule has 2 N–H and O–H groups in total. The van der Waals surface area contributed by atoms with Gasteiger partial charge in [-0.2, -0.15) is 5.10 Å². The molecule has 0 saturated heterocycles. The second-order valence-corrected chi connectivity index (χ2v) is 7.19. The van der Waals surface area contributed by atoms with Crippen LogP contribution < -0.4 is 25.0 Å². The Morgan fingerprint density at radius 3 is 2.47 bits per heavy atom. The lowest BCUT2D eigenvalue weighted by Crippen LogP contribution is -2.20. The zero-order valence-corrected chi connectivity index (χ0v) is 19.3. The first-order chi connectivity index (χ1) is 16.5. The molecule has 0 unspecified atom stereocenters. The number of nitrogens with one attached hydrogen (secondary N) is 2. The maximum atomic E-state index is 12.4. The van der Waals surface area contributed by atoms with Crippen molar-refractivity contribution in [2.24, 2.45) is 5.10 Å². The van der Waals surface area contributed by atoms with Crippen molar-refractivity contribution in [3.63, 3.8) is 0 Å². The molecule has 0 spiro atoms. The molecule has 8 nitrogen and oxygen atoms in total. The van der Waals surface area contributed by atoms with E-state index in [1.54, 1.807) is 42.5 Å². The van der Waals surface area contributed by atoms with Gasteiger partial charge >= 0.3 is 0 Å². The first-order valence-electron chi connectivity index (χ1n) is 10.7. The van der Waals surface area contributed by atoms with Crippen molar-refractivity contribution in [2.45, 2.75) is 13.8 Å². The van der Waals surface area contributed by atoms with E-state index < -0.39 is 5.91 Å². The van der Waals surface area contributed by atoms with Gasteiger partial charge in [-0.3, -0.25) is 9.59 Å². The highest BCUT2D eigenvalue weighted by Crippen LogP contribution is 2.28. The topological polar surface area (TPSA) is 98.2 Å². The number of anilines is 1. The molecule has 3 aromatic carbocycles. The number of carbonyl (C=O) groups is 2. The van der Waals surface area contributed by atoms with Crippen molar-refractivity contribution in [3.8, 4) is 17.2 Å². The number of amides is 2. The molecule has 0 aliphatic heterocycles. The van der Waals surface area contributed by atoms with Crippen LogP contribution in [0.2, 0.25) is 0 Å². The van der Waals surface area contributed by atoms with E-state index in [2.05, 4.69) is 15.8 Å². The third-order valence-corrected chi connectivity index (χ3v) is 4.78. The number of aryl methyl sites for hydroxylation is 1. The maximum absolute atomic E-state index is 12.4. The van der Waals surface area contributed by atoms with Crippen LogP contribution in [0.15, 0.2) is 71.8 Å². The summed E-state index contributed by atoms with van der Waals surface area (Å²) >= 11 is 0. The van der Waals surface area contributed by atoms with E-state index in [9.17, 15) is 9.59 Å². The fourth-order valence-electron chi connectivity index (χ4n) is 3.09. The van der Waals surface area contributed by atoms with E-state index in [1.807, 2.05) is 38.1 Å². The van der Waals surface area contributed by atoms with Gasteiger partial charge in [-0.05, 0) is 61.4 Å². The Kier molecular flexibility index (Phi) is 8.62. The minimum atomic E-state index is -0.390. The van der Waals surface area contributed by atoms with E-state index in [0.29, 0.717) is 35.0 Å². The number of para-hydroxylation sites is 2. The van der Waals surface area contributed by atoms with Crippen molar-refractivity contribution >= 4 is 23.7 Å². The van der Waals surface area contributed by atoms with Crippen molar-refractivity contribution in [2.75, 3.05) is 25.6 Å². The van der Waals surface area contributed by atoms with Crippen LogP contribution in [0.25, 0.3) is 0 Å². The molecule has 34 heavy (non-hydrogen) atoms. The minimum Gasteiger partial charge on any atom is -0.496 e. The Bertz CT molecular complexity index is 1180. The second kappa shape index (κ2) is 12.1. The fraction of sp³-hybridized carbons (Fsp3) is 0.192. The molecule has 0 heterocycles. The molecular formula is C26H27N3O5. The molecule has 0 fully saturated rings. The standard InChI is InChI=1S/C26H27N3O5/c1-4-33-24-15-19(16-27-29-26(31)20-10-6-8-12-22(20)32-3)13-14-23(24)34-17-25(30)28-21-11-7-5-9-18(21)2/h5-16H,4,17H2,1-3H3,(H,28,30)(H,29,31)/b27-16-. The molecule has 8 heteroatoms. The molecule has 2 amide bonds. The Balaban J connectivity index is 1.62. The normalized spacial score (nSPS) is 10.6. The summed E-state index contributed by atoms with van der Waals surface area (Å²) in [5.74, 6) is 0.685. The smallest absolute Gasteiger partial charge is 0.275 e. The van der Waals surface area contributed by atoms with Gasteiger partial charge in [0.05, 0.1) is 25.5 Å². The van der Waals surface area contributed by atoms with Crippen LogP contribution in [-0.4, -0.2) is 38.4 Å². The van der Waals surface area contributed by atoms with E-state index in [0.717, 1.165) is 11.3 Å². The van der Waals surface area contributed by atoms with Gasteiger partial charge < -0.3 is 19.5 Å². The number of methoxy groups -OCH3 is 1. The Morgan fingerprint density at radius 1 is 0.941 bits per heavy atom. The predicted molar refractivity (Wildman–Crippen MR) is 131 cm³/mol. The van der Waals surface area contributed by atoms with Gasteiger partial charge in [0.2, 0.25) is 0 Å². The summed E-state index contributed by atoms with van der Waals surface area (Å²) in [4.78, 5) is 24.6. The number of hydrogen-bond acceptors (Lipinski definition) is 6. The lowest BCUT2D eigenvalue weighted by atomic mass is 10.2. The molecule has 0 saturated carbocycles. The minimum absolute atomic E-state index is 0.170. The highest BCUT2D eigenvalue weighted by molar-refractivity contribution is 5.97. The molecule has 3 aromatic rings. The predicted octanol–water partition coefficient (Wildman–Crippen LogP) is 4.18. The molecular weight excluding hydrogens is 434 g/mol. The number of rotatable bonds is 10. The highest BCUT2D eigenvalue weighted by atomic mass is 16.5. The third kappa shape index (κ3) is 6.59. The first kappa shape index (κ1) is 24.3. The molecule has 0 bridgehead atoms. The van der Waals surface area contributed by atoms with E-state index in [-0.39, 0.29) is 12.5 Å². The summed E-state index contributed by atoms with van der Waals surface area (Å²) in [6.45, 7) is 4.01. The molecule has 176 valence electrons. The van der Waals surface area contributed by atoms with Crippen LogP contribution in [0.4, 0.5) is 5.69 Å². The van der Waals surface area contributed by atoms with Gasteiger partial charge in [0, 0.05) is 5.69 Å². The summed E-state index contributed by atoms with van der Waals surface area (Å²) in [6.07, 6.45) is 1.49. The van der Waals surface area contributed by atoms with Crippen LogP contribution in [0.5, 0.6) is 17.2 Å².